The number of nitrogens with one attached hydrogen (secondary N) is 1. The number of hydrogen-bond acceptors (Lipinski definition) is 3. The Labute approximate surface area is 115 Å². The average Bonchev–Trinajstić information content (AvgIpc) is 2.73. The van der Waals surface area contributed by atoms with Crippen molar-refractivity contribution in [3.8, 4) is 0 Å². The van der Waals surface area contributed by atoms with Crippen LogP contribution in [0.5, 0.6) is 0 Å². The zero-order valence-corrected chi connectivity index (χ0v) is 13.1. The van der Waals surface area contributed by atoms with Crippen LogP contribution < -0.4 is 5.32 Å². The van der Waals surface area contributed by atoms with Crippen LogP contribution in [-0.2, 0) is 4.79 Å². The largest absolute Gasteiger partial charge is 0.345 e. The maximum absolute atomic E-state index is 11.9. The molecule has 2 unspecified atom stereocenters. The van der Waals surface area contributed by atoms with Crippen molar-refractivity contribution >= 4 is 33.2 Å². The highest BCUT2D eigenvalue weighted by molar-refractivity contribution is 9.10. The molecule has 1 rings (SSSR count). The summed E-state index contributed by atoms with van der Waals surface area (Å²) in [5.74, 6) is 0.132. The molecule has 1 heterocycles. The minimum absolute atomic E-state index is 0.132. The number of hydrogen-bond donors (Lipinski definition) is 1. The second-order valence-electron chi connectivity index (χ2n) is 4.10. The first-order valence-corrected chi connectivity index (χ1v) is 7.38. The number of carbonyl (C=O) groups excluding carboxylic acids is 1. The molecule has 1 amide bonds. The lowest BCUT2D eigenvalue weighted by molar-refractivity contribution is -0.131. The second-order valence-corrected chi connectivity index (χ2v) is 5.90. The lowest BCUT2D eigenvalue weighted by atomic mass is 10.2. The summed E-state index contributed by atoms with van der Waals surface area (Å²) < 4.78 is 1.10. The highest BCUT2D eigenvalue weighted by Crippen LogP contribution is 2.28. The lowest BCUT2D eigenvalue weighted by Crippen LogP contribution is -2.43. The summed E-state index contributed by atoms with van der Waals surface area (Å²) in [6.07, 6.45) is 0. The first-order valence-electron chi connectivity index (χ1n) is 5.71. The van der Waals surface area contributed by atoms with Crippen LogP contribution in [0.25, 0.3) is 0 Å². The number of halogens is 1. The number of amides is 1. The van der Waals surface area contributed by atoms with Gasteiger partial charge in [-0.1, -0.05) is 0 Å². The summed E-state index contributed by atoms with van der Waals surface area (Å²) in [6, 6.07) is 2.04. The summed E-state index contributed by atoms with van der Waals surface area (Å²) in [5, 5.41) is 5.37. The van der Waals surface area contributed by atoms with E-state index in [-0.39, 0.29) is 18.0 Å². The van der Waals surface area contributed by atoms with E-state index in [2.05, 4.69) is 28.2 Å². The van der Waals surface area contributed by atoms with Gasteiger partial charge in [-0.25, -0.2) is 0 Å². The predicted octanol–water partition coefficient (Wildman–Crippen LogP) is 3.03. The van der Waals surface area contributed by atoms with Crippen LogP contribution in [-0.4, -0.2) is 30.4 Å². The van der Waals surface area contributed by atoms with E-state index in [4.69, 9.17) is 0 Å². The third-order valence-corrected chi connectivity index (χ3v) is 4.81. The Hall–Kier alpha value is -0.390. The molecule has 17 heavy (non-hydrogen) atoms. The minimum atomic E-state index is -0.163. The molecule has 0 aromatic carbocycles. The monoisotopic (exact) mass is 318 g/mol. The molecular formula is C12H19BrN2OS. The van der Waals surface area contributed by atoms with Gasteiger partial charge in [0.2, 0.25) is 5.91 Å². The summed E-state index contributed by atoms with van der Waals surface area (Å²) in [5.41, 5.74) is 0. The van der Waals surface area contributed by atoms with Crippen molar-refractivity contribution in [1.82, 2.24) is 10.2 Å². The average molecular weight is 319 g/mol. The number of likely N-dealkylation sites (N-methyl/N-ethyl adjacent to an activating group) is 1. The highest BCUT2D eigenvalue weighted by atomic mass is 79.9. The van der Waals surface area contributed by atoms with E-state index in [0.29, 0.717) is 0 Å². The standard InChI is InChI=1S/C12H19BrN2OS/c1-5-15(4)12(16)9(3)14-8(2)11-10(13)6-7-17-11/h6-9,14H,5H2,1-4H3. The maximum Gasteiger partial charge on any atom is 0.239 e. The summed E-state index contributed by atoms with van der Waals surface area (Å²) in [7, 11) is 1.83. The number of carbonyl (C=O) groups is 1. The molecule has 0 aliphatic carbocycles. The Balaban J connectivity index is 2.60. The second kappa shape index (κ2) is 6.52. The Bertz CT molecular complexity index is 380. The van der Waals surface area contributed by atoms with Crippen LogP contribution in [0.15, 0.2) is 15.9 Å². The molecule has 0 aliphatic heterocycles. The van der Waals surface area contributed by atoms with Gasteiger partial charge in [0.25, 0.3) is 0 Å². The van der Waals surface area contributed by atoms with E-state index in [1.165, 1.54) is 4.88 Å². The van der Waals surface area contributed by atoms with Gasteiger partial charge in [0, 0.05) is 29.0 Å². The molecule has 2 atom stereocenters. The van der Waals surface area contributed by atoms with Crippen molar-refractivity contribution in [1.29, 1.82) is 0 Å². The van der Waals surface area contributed by atoms with Gasteiger partial charge >= 0.3 is 0 Å². The van der Waals surface area contributed by atoms with Crippen LogP contribution in [0.1, 0.15) is 31.7 Å². The molecule has 0 saturated heterocycles. The Morgan fingerprint density at radius 2 is 2.24 bits per heavy atom. The molecule has 0 aliphatic rings. The molecule has 0 saturated carbocycles. The smallest absolute Gasteiger partial charge is 0.239 e. The topological polar surface area (TPSA) is 32.3 Å². The van der Waals surface area contributed by atoms with Gasteiger partial charge in [-0.2, -0.15) is 0 Å². The third kappa shape index (κ3) is 3.79. The Morgan fingerprint density at radius 1 is 1.59 bits per heavy atom. The fourth-order valence-electron chi connectivity index (χ4n) is 1.62. The minimum Gasteiger partial charge on any atom is -0.345 e. The van der Waals surface area contributed by atoms with E-state index in [1.54, 1.807) is 16.2 Å². The molecule has 0 bridgehead atoms. The Morgan fingerprint density at radius 3 is 2.71 bits per heavy atom. The predicted molar refractivity (Wildman–Crippen MR) is 76.3 cm³/mol. The van der Waals surface area contributed by atoms with Gasteiger partial charge in [0.15, 0.2) is 0 Å². The van der Waals surface area contributed by atoms with Crippen molar-refractivity contribution in [2.24, 2.45) is 0 Å². The lowest BCUT2D eigenvalue weighted by Gasteiger charge is -2.23. The van der Waals surface area contributed by atoms with Crippen molar-refractivity contribution in [3.63, 3.8) is 0 Å². The molecule has 1 aromatic heterocycles. The summed E-state index contributed by atoms with van der Waals surface area (Å²) in [4.78, 5) is 14.9. The molecule has 1 aromatic rings. The first-order chi connectivity index (χ1) is 7.97. The van der Waals surface area contributed by atoms with Crippen molar-refractivity contribution in [2.45, 2.75) is 32.9 Å². The molecule has 0 radical (unpaired) electrons. The molecular weight excluding hydrogens is 300 g/mol. The van der Waals surface area contributed by atoms with Crippen molar-refractivity contribution in [3.05, 3.63) is 20.8 Å². The molecule has 5 heteroatoms. The number of nitrogens with zero attached hydrogens (tertiary/aromatic N) is 1. The van der Waals surface area contributed by atoms with Gasteiger partial charge in [-0.05, 0) is 48.1 Å². The zero-order valence-electron chi connectivity index (χ0n) is 10.7. The van der Waals surface area contributed by atoms with E-state index >= 15 is 0 Å². The van der Waals surface area contributed by atoms with Crippen LogP contribution in [0, 0.1) is 0 Å². The van der Waals surface area contributed by atoms with Crippen LogP contribution in [0.2, 0.25) is 0 Å². The summed E-state index contributed by atoms with van der Waals surface area (Å²) >= 11 is 5.20. The van der Waals surface area contributed by atoms with Crippen molar-refractivity contribution in [2.75, 3.05) is 13.6 Å². The van der Waals surface area contributed by atoms with E-state index in [0.717, 1.165) is 11.0 Å². The molecule has 96 valence electrons. The van der Waals surface area contributed by atoms with Gasteiger partial charge in [-0.15, -0.1) is 11.3 Å². The summed E-state index contributed by atoms with van der Waals surface area (Å²) in [6.45, 7) is 6.70. The van der Waals surface area contributed by atoms with E-state index < -0.39 is 0 Å². The Kier molecular flexibility index (Phi) is 5.62. The highest BCUT2D eigenvalue weighted by Gasteiger charge is 2.20. The normalized spacial score (nSPS) is 14.4. The van der Waals surface area contributed by atoms with Gasteiger partial charge < -0.3 is 4.90 Å². The van der Waals surface area contributed by atoms with Crippen LogP contribution >= 0.6 is 27.3 Å². The SMILES string of the molecule is CCN(C)C(=O)C(C)NC(C)c1sccc1Br. The number of thiophene rings is 1. The molecule has 0 fully saturated rings. The van der Waals surface area contributed by atoms with E-state index in [1.807, 2.05) is 32.3 Å². The fourth-order valence-corrected chi connectivity index (χ4v) is 3.36. The quantitative estimate of drug-likeness (QED) is 0.905. The van der Waals surface area contributed by atoms with E-state index in [9.17, 15) is 4.79 Å². The van der Waals surface area contributed by atoms with Crippen molar-refractivity contribution < 1.29 is 4.79 Å². The van der Waals surface area contributed by atoms with Gasteiger partial charge in [-0.3, -0.25) is 10.1 Å². The molecule has 0 spiro atoms. The maximum atomic E-state index is 11.9. The number of rotatable bonds is 5. The first kappa shape index (κ1) is 14.7. The third-order valence-electron chi connectivity index (χ3n) is 2.76. The van der Waals surface area contributed by atoms with Gasteiger partial charge in [0.05, 0.1) is 6.04 Å². The molecule has 3 nitrogen and oxygen atoms in total. The fraction of sp³-hybridized carbons (Fsp3) is 0.583. The molecule has 1 N–H and O–H groups in total. The van der Waals surface area contributed by atoms with Crippen LogP contribution in [0.4, 0.5) is 0 Å². The van der Waals surface area contributed by atoms with Crippen LogP contribution in [0.3, 0.4) is 0 Å². The van der Waals surface area contributed by atoms with Gasteiger partial charge in [0.1, 0.15) is 0 Å². The zero-order chi connectivity index (χ0) is 13.0.